The minimum absolute atomic E-state index is 1.35. The van der Waals surface area contributed by atoms with Gasteiger partial charge in [-0.1, -0.05) is 109 Å². The molecule has 0 bridgehead atoms. The van der Waals surface area contributed by atoms with Crippen LogP contribution in [0.4, 0.5) is 0 Å². The van der Waals surface area contributed by atoms with Crippen molar-refractivity contribution in [1.29, 1.82) is 0 Å². The van der Waals surface area contributed by atoms with Gasteiger partial charge in [-0.3, -0.25) is 0 Å². The predicted octanol–water partition coefficient (Wildman–Crippen LogP) is 3.68. The number of aryl methyl sites for hydroxylation is 1. The van der Waals surface area contributed by atoms with Gasteiger partial charge in [0.2, 0.25) is 0 Å². The molecular weight excluding hydrogens is 340 g/mol. The predicted molar refractivity (Wildman–Crippen MR) is 120 cm³/mol. The lowest BCUT2D eigenvalue weighted by molar-refractivity contribution is 1.36. The van der Waals surface area contributed by atoms with E-state index in [1.807, 2.05) is 0 Å². The first-order chi connectivity index (χ1) is 13.2. The van der Waals surface area contributed by atoms with Crippen LogP contribution < -0.4 is 20.7 Å². The number of hydrogen-bond acceptors (Lipinski definition) is 0. The lowest BCUT2D eigenvalue weighted by Gasteiger charge is -2.36. The summed E-state index contributed by atoms with van der Waals surface area (Å²) in [6.45, 7) is 4.50. The highest BCUT2D eigenvalue weighted by molar-refractivity contribution is 7.20. The van der Waals surface area contributed by atoms with Gasteiger partial charge in [0, 0.05) is 0 Å². The van der Waals surface area contributed by atoms with Crippen LogP contribution in [0.3, 0.4) is 0 Å². The fourth-order valence-electron chi connectivity index (χ4n) is 4.19. The molecule has 0 nitrogen and oxygen atoms in total. The Kier molecular flexibility index (Phi) is 4.78. The summed E-state index contributed by atoms with van der Waals surface area (Å²) < 4.78 is 0. The molecule has 4 aromatic rings. The van der Waals surface area contributed by atoms with Gasteiger partial charge in [0.05, 0.1) is 0 Å². The Labute approximate surface area is 163 Å². The molecule has 0 spiro atoms. The Morgan fingerprint density at radius 2 is 0.852 bits per heavy atom. The van der Waals surface area contributed by atoms with Crippen LogP contribution in [0, 0.1) is 13.8 Å². The van der Waals surface area contributed by atoms with Crippen molar-refractivity contribution in [2.75, 3.05) is 0 Å². The molecule has 4 rings (SSSR count). The molecule has 0 N–H and O–H groups in total. The Morgan fingerprint density at radius 1 is 0.444 bits per heavy atom. The third kappa shape index (κ3) is 2.94. The van der Waals surface area contributed by atoms with E-state index in [4.69, 9.17) is 0 Å². The van der Waals surface area contributed by atoms with E-state index in [1.54, 1.807) is 0 Å². The Balaban J connectivity index is 2.18. The van der Waals surface area contributed by atoms with Crippen molar-refractivity contribution >= 4 is 28.8 Å². The standard InChI is InChI=1S/C26H24Si/c1-21-13-12-20-26(22(21)2)27(23-14-6-3-7-15-23,24-16-8-4-9-17-24)25-18-10-5-11-19-25/h3-20H,1-2H3. The molecular formula is C26H24Si. The van der Waals surface area contributed by atoms with Gasteiger partial charge in [0.15, 0.2) is 8.07 Å². The highest BCUT2D eigenvalue weighted by Crippen LogP contribution is 2.13. The molecule has 0 aliphatic carbocycles. The van der Waals surface area contributed by atoms with Gasteiger partial charge in [-0.15, -0.1) is 0 Å². The van der Waals surface area contributed by atoms with Crippen LogP contribution in [0.1, 0.15) is 11.1 Å². The quantitative estimate of drug-likeness (QED) is 0.383. The van der Waals surface area contributed by atoms with E-state index in [0.29, 0.717) is 0 Å². The zero-order chi connectivity index (χ0) is 18.7. The fraction of sp³-hybridized carbons (Fsp3) is 0.0769. The second-order valence-electron chi connectivity index (χ2n) is 7.10. The van der Waals surface area contributed by atoms with Gasteiger partial charge >= 0.3 is 0 Å². The minimum atomic E-state index is -2.38. The highest BCUT2D eigenvalue weighted by Gasteiger charge is 2.42. The smallest absolute Gasteiger partial charge is 0.0623 e. The van der Waals surface area contributed by atoms with E-state index >= 15 is 0 Å². The largest absolute Gasteiger partial charge is 0.179 e. The molecule has 0 aliphatic rings. The van der Waals surface area contributed by atoms with Crippen molar-refractivity contribution in [1.82, 2.24) is 0 Å². The highest BCUT2D eigenvalue weighted by atomic mass is 28.3. The van der Waals surface area contributed by atoms with E-state index in [1.165, 1.54) is 31.9 Å². The summed E-state index contributed by atoms with van der Waals surface area (Å²) in [6, 6.07) is 40.1. The van der Waals surface area contributed by atoms with Gasteiger partial charge in [0.1, 0.15) is 0 Å². The number of hydrogen-bond donors (Lipinski definition) is 0. The Morgan fingerprint density at radius 3 is 1.26 bits per heavy atom. The molecule has 27 heavy (non-hydrogen) atoms. The van der Waals surface area contributed by atoms with Crippen molar-refractivity contribution in [3.8, 4) is 0 Å². The summed E-state index contributed by atoms with van der Waals surface area (Å²) in [5.74, 6) is 0. The second kappa shape index (κ2) is 7.38. The second-order valence-corrected chi connectivity index (χ2v) is 10.9. The maximum absolute atomic E-state index is 2.38. The van der Waals surface area contributed by atoms with Gasteiger partial charge in [-0.2, -0.15) is 0 Å². The van der Waals surface area contributed by atoms with Crippen LogP contribution in [0.25, 0.3) is 0 Å². The van der Waals surface area contributed by atoms with Crippen LogP contribution in [0.15, 0.2) is 109 Å². The summed E-state index contributed by atoms with van der Waals surface area (Å²) >= 11 is 0. The molecule has 0 fully saturated rings. The van der Waals surface area contributed by atoms with Gasteiger partial charge in [-0.25, -0.2) is 0 Å². The van der Waals surface area contributed by atoms with Gasteiger partial charge in [0.25, 0.3) is 0 Å². The molecule has 132 valence electrons. The number of rotatable bonds is 4. The molecule has 0 heterocycles. The summed E-state index contributed by atoms with van der Waals surface area (Å²) in [5, 5.41) is 5.76. The molecule has 0 aromatic heterocycles. The van der Waals surface area contributed by atoms with Crippen molar-refractivity contribution < 1.29 is 0 Å². The van der Waals surface area contributed by atoms with E-state index in [-0.39, 0.29) is 0 Å². The lowest BCUT2D eigenvalue weighted by Crippen LogP contribution is -2.75. The zero-order valence-corrected chi connectivity index (χ0v) is 16.9. The topological polar surface area (TPSA) is 0 Å². The average molecular weight is 365 g/mol. The molecule has 0 unspecified atom stereocenters. The molecule has 0 aliphatic heterocycles. The van der Waals surface area contributed by atoms with Gasteiger partial charge in [-0.05, 0) is 45.7 Å². The molecule has 0 saturated carbocycles. The lowest BCUT2D eigenvalue weighted by atomic mass is 10.1. The van der Waals surface area contributed by atoms with Crippen molar-refractivity contribution in [3.05, 3.63) is 120 Å². The van der Waals surface area contributed by atoms with Crippen LogP contribution >= 0.6 is 0 Å². The summed E-state index contributed by atoms with van der Waals surface area (Å²) in [7, 11) is -2.38. The van der Waals surface area contributed by atoms with Crippen LogP contribution in [-0.2, 0) is 0 Å². The Bertz CT molecular complexity index is 925. The summed E-state index contributed by atoms with van der Waals surface area (Å²) in [6.07, 6.45) is 0. The number of benzene rings is 4. The SMILES string of the molecule is Cc1cccc([Si](c2ccccc2)(c2ccccc2)c2ccccc2)c1C. The molecule has 0 radical (unpaired) electrons. The first kappa shape index (κ1) is 17.5. The first-order valence-corrected chi connectivity index (χ1v) is 11.5. The van der Waals surface area contributed by atoms with E-state index in [0.717, 1.165) is 0 Å². The fourth-order valence-corrected chi connectivity index (χ4v) is 9.30. The first-order valence-electron chi connectivity index (χ1n) is 9.48. The van der Waals surface area contributed by atoms with Crippen molar-refractivity contribution in [3.63, 3.8) is 0 Å². The Hall–Kier alpha value is -2.90. The monoisotopic (exact) mass is 364 g/mol. The third-order valence-corrected chi connectivity index (χ3v) is 10.6. The molecule has 4 aromatic carbocycles. The zero-order valence-electron chi connectivity index (χ0n) is 15.9. The van der Waals surface area contributed by atoms with Crippen LogP contribution in [-0.4, -0.2) is 8.07 Å². The van der Waals surface area contributed by atoms with E-state index in [9.17, 15) is 0 Å². The van der Waals surface area contributed by atoms with Crippen molar-refractivity contribution in [2.24, 2.45) is 0 Å². The maximum atomic E-state index is 2.35. The molecule has 1 heteroatoms. The maximum Gasteiger partial charge on any atom is 0.179 e. The molecule has 0 saturated heterocycles. The normalized spacial score (nSPS) is 11.3. The van der Waals surface area contributed by atoms with Crippen LogP contribution in [0.5, 0.6) is 0 Å². The van der Waals surface area contributed by atoms with E-state index in [2.05, 4.69) is 123 Å². The minimum Gasteiger partial charge on any atom is -0.0623 e. The summed E-state index contributed by atoms with van der Waals surface area (Å²) in [4.78, 5) is 0. The summed E-state index contributed by atoms with van der Waals surface area (Å²) in [5.41, 5.74) is 2.76. The van der Waals surface area contributed by atoms with Crippen LogP contribution in [0.2, 0.25) is 0 Å². The van der Waals surface area contributed by atoms with Crippen molar-refractivity contribution in [2.45, 2.75) is 13.8 Å². The molecule has 0 atom stereocenters. The van der Waals surface area contributed by atoms with E-state index < -0.39 is 8.07 Å². The third-order valence-electron chi connectivity index (χ3n) is 5.63. The average Bonchev–Trinajstić information content (AvgIpc) is 2.74. The molecule has 0 amide bonds. The van der Waals surface area contributed by atoms with Gasteiger partial charge < -0.3 is 0 Å².